The average Bonchev–Trinajstić information content (AvgIpc) is 2.38. The highest BCUT2D eigenvalue weighted by molar-refractivity contribution is 7.89. The molecule has 0 amide bonds. The van der Waals surface area contributed by atoms with Crippen LogP contribution in [0.5, 0.6) is 0 Å². The summed E-state index contributed by atoms with van der Waals surface area (Å²) >= 11 is 11.5. The largest absolute Gasteiger partial charge is 0.240 e. The van der Waals surface area contributed by atoms with Gasteiger partial charge in [-0.1, -0.05) is 23.2 Å². The number of hydrogen-bond acceptors (Lipinski definition) is 2. The molecule has 112 valence electrons. The fourth-order valence-electron chi connectivity index (χ4n) is 1.62. The molecule has 0 saturated carbocycles. The Kier molecular flexibility index (Phi) is 4.83. The normalized spacial score (nSPS) is 11.6. The van der Waals surface area contributed by atoms with Crippen LogP contribution in [0.3, 0.4) is 0 Å². The molecular formula is C13H9Cl2F2NO2S. The third-order valence-electron chi connectivity index (χ3n) is 2.59. The monoisotopic (exact) mass is 351 g/mol. The van der Waals surface area contributed by atoms with Gasteiger partial charge in [-0.05, 0) is 35.9 Å². The van der Waals surface area contributed by atoms with Crippen LogP contribution in [0.15, 0.2) is 41.3 Å². The van der Waals surface area contributed by atoms with Gasteiger partial charge in [0.15, 0.2) is 0 Å². The van der Waals surface area contributed by atoms with Gasteiger partial charge >= 0.3 is 0 Å². The highest BCUT2D eigenvalue weighted by atomic mass is 35.5. The molecule has 0 aromatic heterocycles. The maximum absolute atomic E-state index is 13.0. The van der Waals surface area contributed by atoms with Gasteiger partial charge in [0.05, 0.1) is 14.9 Å². The zero-order chi connectivity index (χ0) is 15.6. The number of benzene rings is 2. The first-order valence-electron chi connectivity index (χ1n) is 5.67. The first-order chi connectivity index (χ1) is 9.78. The van der Waals surface area contributed by atoms with E-state index in [4.69, 9.17) is 23.2 Å². The second kappa shape index (κ2) is 6.27. The summed E-state index contributed by atoms with van der Waals surface area (Å²) in [6, 6.07) is 6.61. The summed E-state index contributed by atoms with van der Waals surface area (Å²) < 4.78 is 52.3. The first kappa shape index (κ1) is 16.2. The van der Waals surface area contributed by atoms with E-state index in [9.17, 15) is 17.2 Å². The summed E-state index contributed by atoms with van der Waals surface area (Å²) in [6.45, 7) is -0.253. The summed E-state index contributed by atoms with van der Waals surface area (Å²) in [5, 5.41) is 0.319. The van der Waals surface area contributed by atoms with Crippen LogP contribution in [0.1, 0.15) is 5.56 Å². The lowest BCUT2D eigenvalue weighted by Gasteiger charge is -2.08. The number of halogens is 4. The van der Waals surface area contributed by atoms with Gasteiger partial charge in [-0.2, -0.15) is 0 Å². The summed E-state index contributed by atoms with van der Waals surface area (Å²) in [4.78, 5) is -0.0891. The van der Waals surface area contributed by atoms with Crippen molar-refractivity contribution in [2.75, 3.05) is 0 Å². The number of nitrogens with one attached hydrogen (secondary N) is 1. The second-order valence-corrected chi connectivity index (χ2v) is 6.76. The van der Waals surface area contributed by atoms with Crippen molar-refractivity contribution in [3.05, 3.63) is 63.6 Å². The van der Waals surface area contributed by atoms with Crippen LogP contribution >= 0.6 is 23.2 Å². The Morgan fingerprint density at radius 1 is 0.952 bits per heavy atom. The maximum atomic E-state index is 13.0. The SMILES string of the molecule is O=S(=O)(NCc1cc(F)cc(F)c1)c1ccc(Cl)c(Cl)c1. The summed E-state index contributed by atoms with van der Waals surface area (Å²) in [5.74, 6) is -1.56. The lowest BCUT2D eigenvalue weighted by molar-refractivity contribution is 0.571. The van der Waals surface area contributed by atoms with Crippen molar-refractivity contribution in [2.24, 2.45) is 0 Å². The molecule has 1 N–H and O–H groups in total. The van der Waals surface area contributed by atoms with Crippen molar-refractivity contribution in [1.29, 1.82) is 0 Å². The molecule has 0 fully saturated rings. The molecule has 21 heavy (non-hydrogen) atoms. The number of sulfonamides is 1. The van der Waals surface area contributed by atoms with Crippen molar-refractivity contribution < 1.29 is 17.2 Å². The van der Waals surface area contributed by atoms with E-state index in [1.165, 1.54) is 18.2 Å². The molecule has 0 aliphatic heterocycles. The Balaban J connectivity index is 2.19. The predicted octanol–water partition coefficient (Wildman–Crippen LogP) is 3.75. The molecule has 0 aliphatic rings. The predicted molar refractivity (Wildman–Crippen MR) is 76.8 cm³/mol. The number of hydrogen-bond donors (Lipinski definition) is 1. The number of rotatable bonds is 4. The van der Waals surface area contributed by atoms with Crippen LogP contribution in [0.2, 0.25) is 10.0 Å². The zero-order valence-electron chi connectivity index (χ0n) is 10.4. The molecule has 0 unspecified atom stereocenters. The van der Waals surface area contributed by atoms with Crippen molar-refractivity contribution in [1.82, 2.24) is 4.72 Å². The molecule has 0 atom stereocenters. The van der Waals surface area contributed by atoms with Crippen molar-refractivity contribution in [2.45, 2.75) is 11.4 Å². The maximum Gasteiger partial charge on any atom is 0.240 e. The topological polar surface area (TPSA) is 46.2 Å². The summed E-state index contributed by atoms with van der Waals surface area (Å²) in [7, 11) is -3.86. The van der Waals surface area contributed by atoms with E-state index in [-0.39, 0.29) is 27.0 Å². The highest BCUT2D eigenvalue weighted by Crippen LogP contribution is 2.24. The smallest absolute Gasteiger partial charge is 0.207 e. The van der Waals surface area contributed by atoms with Gasteiger partial charge in [0.25, 0.3) is 0 Å². The van der Waals surface area contributed by atoms with Crippen LogP contribution in [0.25, 0.3) is 0 Å². The van der Waals surface area contributed by atoms with E-state index in [2.05, 4.69) is 4.72 Å². The Bertz CT molecular complexity index is 761. The van der Waals surface area contributed by atoms with E-state index < -0.39 is 21.7 Å². The lowest BCUT2D eigenvalue weighted by atomic mass is 10.2. The fraction of sp³-hybridized carbons (Fsp3) is 0.0769. The Labute approximate surface area is 130 Å². The minimum absolute atomic E-state index is 0.0891. The second-order valence-electron chi connectivity index (χ2n) is 4.18. The van der Waals surface area contributed by atoms with Gasteiger partial charge in [-0.15, -0.1) is 0 Å². The molecule has 2 aromatic carbocycles. The molecule has 0 radical (unpaired) electrons. The van der Waals surface area contributed by atoms with Crippen LogP contribution in [-0.2, 0) is 16.6 Å². The van der Waals surface area contributed by atoms with Gasteiger partial charge in [0.1, 0.15) is 11.6 Å². The van der Waals surface area contributed by atoms with Gasteiger partial charge in [0, 0.05) is 12.6 Å². The highest BCUT2D eigenvalue weighted by Gasteiger charge is 2.15. The van der Waals surface area contributed by atoms with Crippen molar-refractivity contribution in [3.8, 4) is 0 Å². The molecule has 2 rings (SSSR count). The molecule has 2 aromatic rings. The Hall–Kier alpha value is -1.21. The van der Waals surface area contributed by atoms with Crippen LogP contribution in [0.4, 0.5) is 8.78 Å². The molecule has 0 saturated heterocycles. The lowest BCUT2D eigenvalue weighted by Crippen LogP contribution is -2.23. The molecular weight excluding hydrogens is 343 g/mol. The van der Waals surface area contributed by atoms with Crippen LogP contribution < -0.4 is 4.72 Å². The quantitative estimate of drug-likeness (QED) is 0.911. The van der Waals surface area contributed by atoms with E-state index in [1.54, 1.807) is 0 Å². The molecule has 0 heterocycles. The van der Waals surface area contributed by atoms with Gasteiger partial charge < -0.3 is 0 Å². The summed E-state index contributed by atoms with van der Waals surface area (Å²) in [5.41, 5.74) is 0.163. The average molecular weight is 352 g/mol. The van der Waals surface area contributed by atoms with Gasteiger partial charge in [0.2, 0.25) is 10.0 Å². The van der Waals surface area contributed by atoms with Crippen LogP contribution in [-0.4, -0.2) is 8.42 Å². The van der Waals surface area contributed by atoms with Gasteiger partial charge in [-0.25, -0.2) is 21.9 Å². The molecule has 0 aliphatic carbocycles. The molecule has 3 nitrogen and oxygen atoms in total. The third-order valence-corrected chi connectivity index (χ3v) is 4.73. The van der Waals surface area contributed by atoms with E-state index in [0.29, 0.717) is 6.07 Å². The molecule has 0 spiro atoms. The minimum Gasteiger partial charge on any atom is -0.207 e. The standard InChI is InChI=1S/C13H9Cl2F2NO2S/c14-12-2-1-11(6-13(12)15)21(19,20)18-7-8-3-9(16)5-10(17)4-8/h1-6,18H,7H2. The van der Waals surface area contributed by atoms with E-state index >= 15 is 0 Å². The Morgan fingerprint density at radius 3 is 2.14 bits per heavy atom. The third kappa shape index (κ3) is 4.14. The Morgan fingerprint density at radius 2 is 1.57 bits per heavy atom. The fourth-order valence-corrected chi connectivity index (χ4v) is 3.03. The van der Waals surface area contributed by atoms with Crippen molar-refractivity contribution in [3.63, 3.8) is 0 Å². The summed E-state index contributed by atoms with van der Waals surface area (Å²) in [6.07, 6.45) is 0. The minimum atomic E-state index is -3.86. The van der Waals surface area contributed by atoms with Gasteiger partial charge in [-0.3, -0.25) is 0 Å². The zero-order valence-corrected chi connectivity index (χ0v) is 12.7. The molecule has 0 bridgehead atoms. The molecule has 8 heteroatoms. The van der Waals surface area contributed by atoms with E-state index in [1.807, 2.05) is 0 Å². The van der Waals surface area contributed by atoms with Crippen LogP contribution in [0, 0.1) is 11.6 Å². The van der Waals surface area contributed by atoms with E-state index in [0.717, 1.165) is 12.1 Å². The van der Waals surface area contributed by atoms with Crippen molar-refractivity contribution >= 4 is 33.2 Å². The first-order valence-corrected chi connectivity index (χ1v) is 7.91.